The highest BCUT2D eigenvalue weighted by atomic mass is 16.5. The predicted octanol–water partition coefficient (Wildman–Crippen LogP) is 3.99. The molecule has 0 atom stereocenters. The summed E-state index contributed by atoms with van der Waals surface area (Å²) in [5.41, 5.74) is 0.988. The van der Waals surface area contributed by atoms with Gasteiger partial charge < -0.3 is 9.30 Å². The molecule has 4 nitrogen and oxygen atoms in total. The highest BCUT2D eigenvalue weighted by Gasteiger charge is 2.15. The molecule has 0 N–H and O–H groups in total. The van der Waals surface area contributed by atoms with Gasteiger partial charge in [0.1, 0.15) is 5.75 Å². The molecule has 1 heterocycles. The van der Waals surface area contributed by atoms with E-state index in [2.05, 4.69) is 45.7 Å². The number of hydrogen-bond acceptors (Lipinski definition) is 3. The predicted molar refractivity (Wildman–Crippen MR) is 88.6 cm³/mol. The van der Waals surface area contributed by atoms with Gasteiger partial charge in [0.15, 0.2) is 0 Å². The fraction of sp³-hybridized carbons (Fsp3) is 0.444. The van der Waals surface area contributed by atoms with Crippen LogP contribution < -0.4 is 10.3 Å². The minimum Gasteiger partial charge on any atom is -0.435 e. The van der Waals surface area contributed by atoms with E-state index in [4.69, 9.17) is 4.74 Å². The maximum Gasteiger partial charge on any atom is 0.313 e. The molecular weight excluding hydrogens is 276 g/mol. The van der Waals surface area contributed by atoms with Crippen LogP contribution in [0.15, 0.2) is 41.5 Å². The Labute approximate surface area is 131 Å². The quantitative estimate of drug-likeness (QED) is 0.857. The van der Waals surface area contributed by atoms with Crippen LogP contribution in [0.2, 0.25) is 0 Å². The monoisotopic (exact) mass is 300 g/mol. The van der Waals surface area contributed by atoms with Gasteiger partial charge in [-0.2, -0.15) is 0 Å². The molecule has 1 aromatic carbocycles. The highest BCUT2D eigenvalue weighted by molar-refractivity contribution is 5.34. The second-order valence-corrected chi connectivity index (χ2v) is 6.96. The van der Waals surface area contributed by atoms with Gasteiger partial charge in [0.25, 0.3) is 5.88 Å². The van der Waals surface area contributed by atoms with Crippen molar-refractivity contribution in [3.63, 3.8) is 0 Å². The molecule has 118 valence electrons. The van der Waals surface area contributed by atoms with Crippen molar-refractivity contribution < 1.29 is 4.74 Å². The lowest BCUT2D eigenvalue weighted by atomic mass is 9.87. The number of rotatable bonds is 4. The third kappa shape index (κ3) is 3.97. The van der Waals surface area contributed by atoms with Crippen LogP contribution in [-0.4, -0.2) is 9.55 Å². The van der Waals surface area contributed by atoms with Gasteiger partial charge in [-0.25, -0.2) is 4.98 Å². The Morgan fingerprint density at radius 3 is 2.64 bits per heavy atom. The van der Waals surface area contributed by atoms with E-state index >= 15 is 0 Å². The molecule has 0 aliphatic carbocycles. The molecule has 0 saturated carbocycles. The molecule has 0 fully saturated rings. The van der Waals surface area contributed by atoms with Crippen LogP contribution in [0.25, 0.3) is 0 Å². The third-order valence-electron chi connectivity index (χ3n) is 3.36. The fourth-order valence-corrected chi connectivity index (χ4v) is 2.17. The summed E-state index contributed by atoms with van der Waals surface area (Å²) < 4.78 is 7.36. The summed E-state index contributed by atoms with van der Waals surface area (Å²) in [7, 11) is 0. The number of nitrogens with zero attached hydrogens (tertiary/aromatic N) is 2. The smallest absolute Gasteiger partial charge is 0.313 e. The average Bonchev–Trinajstić information content (AvgIpc) is 2.42. The van der Waals surface area contributed by atoms with Crippen LogP contribution in [0.3, 0.4) is 0 Å². The molecule has 0 radical (unpaired) electrons. The Morgan fingerprint density at radius 2 is 2.00 bits per heavy atom. The Hall–Kier alpha value is -2.10. The maximum atomic E-state index is 12.4. The first-order valence-electron chi connectivity index (χ1n) is 7.61. The molecule has 0 amide bonds. The van der Waals surface area contributed by atoms with E-state index in [-0.39, 0.29) is 16.9 Å². The zero-order valence-corrected chi connectivity index (χ0v) is 14.0. The van der Waals surface area contributed by atoms with Gasteiger partial charge in [0, 0.05) is 18.9 Å². The first-order chi connectivity index (χ1) is 10.3. The third-order valence-corrected chi connectivity index (χ3v) is 3.36. The van der Waals surface area contributed by atoms with E-state index in [9.17, 15) is 4.79 Å². The number of benzene rings is 1. The van der Waals surface area contributed by atoms with Crippen molar-refractivity contribution in [1.82, 2.24) is 9.55 Å². The Bertz CT molecular complexity index is 697. The molecular formula is C18H24N2O2. The summed E-state index contributed by atoms with van der Waals surface area (Å²) in [5, 5.41) is 0. The zero-order valence-electron chi connectivity index (χ0n) is 14.0. The van der Waals surface area contributed by atoms with Crippen LogP contribution in [0.5, 0.6) is 11.6 Å². The minimum atomic E-state index is -0.197. The van der Waals surface area contributed by atoms with Crippen LogP contribution >= 0.6 is 0 Å². The SMILES string of the molecule is CC(C)Cn1ccnc(Oc2cccc(C(C)(C)C)c2)c1=O. The summed E-state index contributed by atoms with van der Waals surface area (Å²) in [6.45, 7) is 11.2. The van der Waals surface area contributed by atoms with E-state index < -0.39 is 0 Å². The van der Waals surface area contributed by atoms with Gasteiger partial charge in [-0.1, -0.05) is 46.8 Å². The topological polar surface area (TPSA) is 44.1 Å². The number of ether oxygens (including phenoxy) is 1. The summed E-state index contributed by atoms with van der Waals surface area (Å²) in [5.74, 6) is 1.14. The molecule has 22 heavy (non-hydrogen) atoms. The molecule has 0 spiro atoms. The van der Waals surface area contributed by atoms with E-state index in [0.717, 1.165) is 5.56 Å². The minimum absolute atomic E-state index is 0.0291. The molecule has 0 unspecified atom stereocenters. The van der Waals surface area contributed by atoms with Crippen molar-refractivity contribution in [3.8, 4) is 11.6 Å². The molecule has 0 aliphatic heterocycles. The molecule has 1 aromatic heterocycles. The second kappa shape index (κ2) is 6.34. The van der Waals surface area contributed by atoms with Crippen molar-refractivity contribution in [3.05, 3.63) is 52.6 Å². The first kappa shape index (κ1) is 16.3. The molecule has 2 rings (SSSR count). The van der Waals surface area contributed by atoms with Gasteiger partial charge in [-0.3, -0.25) is 4.79 Å². The highest BCUT2D eigenvalue weighted by Crippen LogP contribution is 2.26. The van der Waals surface area contributed by atoms with E-state index in [0.29, 0.717) is 18.2 Å². The van der Waals surface area contributed by atoms with E-state index in [1.165, 1.54) is 0 Å². The summed E-state index contributed by atoms with van der Waals surface area (Å²) >= 11 is 0. The first-order valence-corrected chi connectivity index (χ1v) is 7.61. The lowest BCUT2D eigenvalue weighted by Gasteiger charge is -2.19. The second-order valence-electron chi connectivity index (χ2n) is 6.96. The van der Waals surface area contributed by atoms with Crippen molar-refractivity contribution in [2.45, 2.75) is 46.6 Å². The van der Waals surface area contributed by atoms with Crippen molar-refractivity contribution in [1.29, 1.82) is 0 Å². The van der Waals surface area contributed by atoms with Crippen LogP contribution in [0.4, 0.5) is 0 Å². The van der Waals surface area contributed by atoms with Crippen LogP contribution in [0, 0.1) is 5.92 Å². The molecule has 2 aromatic rings. The largest absolute Gasteiger partial charge is 0.435 e. The van der Waals surface area contributed by atoms with Gasteiger partial charge in [0.2, 0.25) is 0 Å². The number of aromatic nitrogens is 2. The Balaban J connectivity index is 2.30. The van der Waals surface area contributed by atoms with Crippen molar-refractivity contribution in [2.24, 2.45) is 5.92 Å². The lowest BCUT2D eigenvalue weighted by molar-refractivity contribution is 0.430. The summed E-state index contributed by atoms with van der Waals surface area (Å²) in [6, 6.07) is 7.80. The Morgan fingerprint density at radius 1 is 1.27 bits per heavy atom. The van der Waals surface area contributed by atoms with Gasteiger partial charge >= 0.3 is 5.56 Å². The molecule has 4 heteroatoms. The van der Waals surface area contributed by atoms with Gasteiger partial charge in [-0.15, -0.1) is 0 Å². The molecule has 0 saturated heterocycles. The molecule has 0 bridgehead atoms. The zero-order chi connectivity index (χ0) is 16.3. The van der Waals surface area contributed by atoms with E-state index in [1.807, 2.05) is 18.2 Å². The normalized spacial score (nSPS) is 11.7. The van der Waals surface area contributed by atoms with Gasteiger partial charge in [0.05, 0.1) is 0 Å². The van der Waals surface area contributed by atoms with Crippen molar-refractivity contribution >= 4 is 0 Å². The molecule has 0 aliphatic rings. The van der Waals surface area contributed by atoms with Gasteiger partial charge in [-0.05, 0) is 29.0 Å². The standard InChI is InChI=1S/C18H24N2O2/c1-13(2)12-20-10-9-19-16(17(20)21)22-15-8-6-7-14(11-15)18(3,4)5/h6-11,13H,12H2,1-5H3. The Kier molecular flexibility index (Phi) is 4.69. The summed E-state index contributed by atoms with van der Waals surface area (Å²) in [6.07, 6.45) is 3.30. The lowest BCUT2D eigenvalue weighted by Crippen LogP contribution is -2.23. The van der Waals surface area contributed by atoms with Crippen LogP contribution in [-0.2, 0) is 12.0 Å². The van der Waals surface area contributed by atoms with Crippen molar-refractivity contribution in [2.75, 3.05) is 0 Å². The average molecular weight is 300 g/mol. The van der Waals surface area contributed by atoms with Crippen LogP contribution in [0.1, 0.15) is 40.2 Å². The summed E-state index contributed by atoms with van der Waals surface area (Å²) in [4.78, 5) is 16.4. The fourth-order valence-electron chi connectivity index (χ4n) is 2.17. The van der Waals surface area contributed by atoms with E-state index in [1.54, 1.807) is 17.0 Å². The maximum absolute atomic E-state index is 12.4. The number of hydrogen-bond donors (Lipinski definition) is 0.